The van der Waals surface area contributed by atoms with Crippen molar-refractivity contribution in [1.82, 2.24) is 20.4 Å². The van der Waals surface area contributed by atoms with Crippen molar-refractivity contribution in [2.45, 2.75) is 31.3 Å². The van der Waals surface area contributed by atoms with Crippen LogP contribution in [0.5, 0.6) is 0 Å². The number of guanidine groups is 1. The molecule has 0 spiro atoms. The van der Waals surface area contributed by atoms with Gasteiger partial charge in [-0.2, -0.15) is 0 Å². The Bertz CT molecular complexity index is 590. The molecule has 0 aromatic heterocycles. The minimum absolute atomic E-state index is 0.497. The topological polar surface area (TPSA) is 42.9 Å². The number of hydrogen-bond donors (Lipinski definition) is 2. The van der Waals surface area contributed by atoms with Gasteiger partial charge in [-0.05, 0) is 31.9 Å². The van der Waals surface area contributed by atoms with Crippen LogP contribution in [0.25, 0.3) is 0 Å². The van der Waals surface area contributed by atoms with Crippen molar-refractivity contribution in [1.29, 1.82) is 0 Å². The predicted octanol–water partition coefficient (Wildman–Crippen LogP) is 2.25. The molecule has 26 heavy (non-hydrogen) atoms. The number of piperazine rings is 1. The van der Waals surface area contributed by atoms with Gasteiger partial charge >= 0.3 is 0 Å². The minimum Gasteiger partial charge on any atom is -0.356 e. The van der Waals surface area contributed by atoms with Gasteiger partial charge in [0.15, 0.2) is 5.96 Å². The number of benzene rings is 1. The van der Waals surface area contributed by atoms with Crippen LogP contribution in [0.1, 0.15) is 30.9 Å². The average molecular weight is 356 g/mol. The van der Waals surface area contributed by atoms with E-state index in [1.807, 2.05) is 7.05 Å². The van der Waals surface area contributed by atoms with Gasteiger partial charge in [0.2, 0.25) is 0 Å². The monoisotopic (exact) mass is 355 g/mol. The molecule has 1 atom stereocenters. The minimum atomic E-state index is 0.497. The van der Waals surface area contributed by atoms with Crippen LogP contribution in [0.4, 0.5) is 0 Å². The standard InChI is InChI=1S/C21H33N5/c1-22-21(24-19-11-6-7-12-19)23-13-8-14-26-16-15-25(2)17-20(26)18-9-4-3-5-10-18/h3-7,9-10,19-20H,8,11-17H2,1-2H3,(H2,22,23,24). The third kappa shape index (κ3) is 5.32. The van der Waals surface area contributed by atoms with Crippen LogP contribution < -0.4 is 10.6 Å². The molecule has 3 rings (SSSR count). The van der Waals surface area contributed by atoms with E-state index in [4.69, 9.17) is 0 Å². The zero-order chi connectivity index (χ0) is 18.2. The van der Waals surface area contributed by atoms with Crippen molar-refractivity contribution in [3.05, 3.63) is 48.0 Å². The van der Waals surface area contributed by atoms with Crippen LogP contribution in [-0.2, 0) is 0 Å². The van der Waals surface area contributed by atoms with Crippen LogP contribution in [0.3, 0.4) is 0 Å². The first-order chi connectivity index (χ1) is 12.8. The summed E-state index contributed by atoms with van der Waals surface area (Å²) in [5, 5.41) is 6.97. The van der Waals surface area contributed by atoms with E-state index >= 15 is 0 Å². The molecule has 5 nitrogen and oxygen atoms in total. The quantitative estimate of drug-likeness (QED) is 0.355. The first-order valence-corrected chi connectivity index (χ1v) is 9.86. The van der Waals surface area contributed by atoms with Crippen molar-refractivity contribution in [2.75, 3.05) is 46.8 Å². The fourth-order valence-corrected chi connectivity index (χ4v) is 3.83. The van der Waals surface area contributed by atoms with Gasteiger partial charge < -0.3 is 15.5 Å². The van der Waals surface area contributed by atoms with Crippen molar-refractivity contribution < 1.29 is 0 Å². The van der Waals surface area contributed by atoms with E-state index in [1.54, 1.807) is 0 Å². The van der Waals surface area contributed by atoms with E-state index in [1.165, 1.54) is 5.56 Å². The molecule has 0 amide bonds. The summed E-state index contributed by atoms with van der Waals surface area (Å²) in [6.07, 6.45) is 7.79. The Balaban J connectivity index is 1.45. The molecule has 1 aliphatic heterocycles. The van der Waals surface area contributed by atoms with Gasteiger partial charge in [0, 0.05) is 51.9 Å². The summed E-state index contributed by atoms with van der Waals surface area (Å²) in [7, 11) is 4.08. The number of aliphatic imine (C=N–C) groups is 1. The highest BCUT2D eigenvalue weighted by atomic mass is 15.3. The molecule has 0 bridgehead atoms. The van der Waals surface area contributed by atoms with Crippen LogP contribution in [0.2, 0.25) is 0 Å². The summed E-state index contributed by atoms with van der Waals surface area (Å²) in [5.74, 6) is 0.927. The summed E-state index contributed by atoms with van der Waals surface area (Å²) >= 11 is 0. The summed E-state index contributed by atoms with van der Waals surface area (Å²) in [6, 6.07) is 11.9. The van der Waals surface area contributed by atoms with Gasteiger partial charge in [0.05, 0.1) is 0 Å². The van der Waals surface area contributed by atoms with E-state index in [2.05, 4.69) is 75.0 Å². The maximum Gasteiger partial charge on any atom is 0.191 e. The normalized spacial score (nSPS) is 22.7. The van der Waals surface area contributed by atoms with Crippen LogP contribution >= 0.6 is 0 Å². The van der Waals surface area contributed by atoms with Gasteiger partial charge in [-0.3, -0.25) is 9.89 Å². The van der Waals surface area contributed by atoms with Crippen molar-refractivity contribution in [3.8, 4) is 0 Å². The first-order valence-electron chi connectivity index (χ1n) is 9.86. The van der Waals surface area contributed by atoms with E-state index in [9.17, 15) is 0 Å². The maximum absolute atomic E-state index is 4.35. The fraction of sp³-hybridized carbons (Fsp3) is 0.571. The van der Waals surface area contributed by atoms with Crippen molar-refractivity contribution in [3.63, 3.8) is 0 Å². The molecule has 1 aliphatic carbocycles. The molecular weight excluding hydrogens is 322 g/mol. The van der Waals surface area contributed by atoms with Gasteiger partial charge in [-0.25, -0.2) is 0 Å². The average Bonchev–Trinajstić information content (AvgIpc) is 3.19. The Hall–Kier alpha value is -1.85. The molecule has 1 unspecified atom stereocenters. The zero-order valence-electron chi connectivity index (χ0n) is 16.2. The van der Waals surface area contributed by atoms with E-state index < -0.39 is 0 Å². The molecule has 0 saturated carbocycles. The molecular formula is C21H33N5. The molecule has 1 fully saturated rings. The molecule has 1 aromatic carbocycles. The van der Waals surface area contributed by atoms with Crippen molar-refractivity contribution in [2.24, 2.45) is 4.99 Å². The van der Waals surface area contributed by atoms with Gasteiger partial charge in [-0.15, -0.1) is 0 Å². The van der Waals surface area contributed by atoms with E-state index in [0.717, 1.165) is 57.9 Å². The lowest BCUT2D eigenvalue weighted by atomic mass is 10.0. The second kappa shape index (κ2) is 9.74. The Morgan fingerprint density at radius 1 is 1.15 bits per heavy atom. The Kier molecular flexibility index (Phi) is 7.09. The number of hydrogen-bond acceptors (Lipinski definition) is 3. The van der Waals surface area contributed by atoms with Gasteiger partial charge in [0.1, 0.15) is 0 Å². The maximum atomic E-state index is 4.35. The molecule has 0 radical (unpaired) electrons. The van der Waals surface area contributed by atoms with Crippen molar-refractivity contribution >= 4 is 5.96 Å². The van der Waals surface area contributed by atoms with Crippen LogP contribution in [-0.4, -0.2) is 68.6 Å². The molecule has 1 heterocycles. The lowest BCUT2D eigenvalue weighted by Crippen LogP contribution is -2.48. The molecule has 2 aliphatic rings. The summed E-state index contributed by atoms with van der Waals surface area (Å²) in [4.78, 5) is 9.43. The third-order valence-electron chi connectivity index (χ3n) is 5.37. The largest absolute Gasteiger partial charge is 0.356 e. The summed E-state index contributed by atoms with van der Waals surface area (Å²) in [6.45, 7) is 5.46. The van der Waals surface area contributed by atoms with Gasteiger partial charge in [0.25, 0.3) is 0 Å². The molecule has 142 valence electrons. The van der Waals surface area contributed by atoms with Gasteiger partial charge in [-0.1, -0.05) is 42.5 Å². The molecule has 5 heteroatoms. The second-order valence-corrected chi connectivity index (χ2v) is 7.36. The van der Waals surface area contributed by atoms with E-state index in [0.29, 0.717) is 12.1 Å². The SMILES string of the molecule is CN=C(NCCCN1CCN(C)CC1c1ccccc1)NC1CC=CC1. The highest BCUT2D eigenvalue weighted by molar-refractivity contribution is 5.80. The Morgan fingerprint density at radius 3 is 2.65 bits per heavy atom. The Morgan fingerprint density at radius 2 is 1.92 bits per heavy atom. The second-order valence-electron chi connectivity index (χ2n) is 7.36. The molecule has 2 N–H and O–H groups in total. The highest BCUT2D eigenvalue weighted by Crippen LogP contribution is 2.24. The number of rotatable bonds is 6. The predicted molar refractivity (Wildman–Crippen MR) is 110 cm³/mol. The lowest BCUT2D eigenvalue weighted by Gasteiger charge is -2.40. The number of nitrogens with zero attached hydrogens (tertiary/aromatic N) is 3. The summed E-state index contributed by atoms with van der Waals surface area (Å²) in [5.41, 5.74) is 1.43. The third-order valence-corrected chi connectivity index (χ3v) is 5.37. The number of likely N-dealkylation sites (N-methyl/N-ethyl adjacent to an activating group) is 1. The Labute approximate surface area is 158 Å². The summed E-state index contributed by atoms with van der Waals surface area (Å²) < 4.78 is 0. The fourth-order valence-electron chi connectivity index (χ4n) is 3.83. The first kappa shape index (κ1) is 18.9. The van der Waals surface area contributed by atoms with Crippen LogP contribution in [0, 0.1) is 0 Å². The van der Waals surface area contributed by atoms with Crippen LogP contribution in [0.15, 0.2) is 47.5 Å². The molecule has 1 aromatic rings. The smallest absolute Gasteiger partial charge is 0.191 e. The zero-order valence-corrected chi connectivity index (χ0v) is 16.2. The number of nitrogens with one attached hydrogen (secondary N) is 2. The van der Waals surface area contributed by atoms with E-state index in [-0.39, 0.29) is 0 Å². The molecule has 1 saturated heterocycles. The highest BCUT2D eigenvalue weighted by Gasteiger charge is 2.25. The lowest BCUT2D eigenvalue weighted by molar-refractivity contribution is 0.0891.